The van der Waals surface area contributed by atoms with E-state index in [1.54, 1.807) is 11.3 Å². The van der Waals surface area contributed by atoms with E-state index in [0.29, 0.717) is 6.54 Å². The monoisotopic (exact) mass is 227 g/mol. The van der Waals surface area contributed by atoms with Gasteiger partial charge in [0, 0.05) is 11.4 Å². The van der Waals surface area contributed by atoms with Crippen molar-refractivity contribution in [3.05, 3.63) is 22.4 Å². The Morgan fingerprint density at radius 3 is 2.67 bits per heavy atom. The molecule has 1 heterocycles. The molecular weight excluding hydrogens is 210 g/mol. The lowest BCUT2D eigenvalue weighted by atomic mass is 10.0. The number of rotatable bonds is 5. The molecule has 0 radical (unpaired) electrons. The Hall–Kier alpha value is -0.870. The Morgan fingerprint density at radius 1 is 1.60 bits per heavy atom. The zero-order chi connectivity index (χ0) is 11.4. The summed E-state index contributed by atoms with van der Waals surface area (Å²) in [7, 11) is 1.86. The molecule has 0 aliphatic carbocycles. The van der Waals surface area contributed by atoms with Gasteiger partial charge >= 0.3 is 5.97 Å². The second-order valence-electron chi connectivity index (χ2n) is 4.02. The Labute approximate surface area is 94.3 Å². The zero-order valence-electron chi connectivity index (χ0n) is 9.30. The van der Waals surface area contributed by atoms with Gasteiger partial charge in [-0.3, -0.25) is 9.69 Å². The number of hydrogen-bond donors (Lipinski definition) is 1. The van der Waals surface area contributed by atoms with Crippen LogP contribution in [0.1, 0.15) is 18.7 Å². The van der Waals surface area contributed by atoms with Gasteiger partial charge in [0.05, 0.1) is 0 Å². The van der Waals surface area contributed by atoms with Crippen molar-refractivity contribution in [1.29, 1.82) is 0 Å². The van der Waals surface area contributed by atoms with E-state index >= 15 is 0 Å². The third kappa shape index (κ3) is 3.32. The summed E-state index contributed by atoms with van der Waals surface area (Å²) in [6, 6.07) is 3.60. The Balaban J connectivity index is 2.65. The van der Waals surface area contributed by atoms with E-state index in [1.807, 2.05) is 43.3 Å². The van der Waals surface area contributed by atoms with Gasteiger partial charge in [-0.2, -0.15) is 0 Å². The fraction of sp³-hybridized carbons (Fsp3) is 0.545. The maximum absolute atomic E-state index is 11.1. The average Bonchev–Trinajstić information content (AvgIpc) is 2.54. The number of aliphatic carboxylic acids is 1. The van der Waals surface area contributed by atoms with Crippen LogP contribution >= 0.6 is 11.3 Å². The summed E-state index contributed by atoms with van der Waals surface area (Å²) in [6.45, 7) is 4.57. The fourth-order valence-electron chi connectivity index (χ4n) is 1.73. The van der Waals surface area contributed by atoms with Crippen molar-refractivity contribution in [2.24, 2.45) is 5.92 Å². The summed E-state index contributed by atoms with van der Waals surface area (Å²) in [5.41, 5.74) is 0. The quantitative estimate of drug-likeness (QED) is 0.839. The first-order chi connectivity index (χ1) is 7.02. The highest BCUT2D eigenvalue weighted by atomic mass is 32.1. The minimum Gasteiger partial charge on any atom is -0.480 e. The van der Waals surface area contributed by atoms with E-state index in [0.717, 1.165) is 0 Å². The van der Waals surface area contributed by atoms with Gasteiger partial charge < -0.3 is 5.11 Å². The molecule has 0 spiro atoms. The van der Waals surface area contributed by atoms with Crippen molar-refractivity contribution >= 4 is 17.3 Å². The summed E-state index contributed by atoms with van der Waals surface area (Å²) >= 11 is 1.66. The number of hydrogen-bond acceptors (Lipinski definition) is 3. The predicted octanol–water partition coefficient (Wildman–Crippen LogP) is 2.29. The minimum atomic E-state index is -0.746. The Morgan fingerprint density at radius 2 is 2.27 bits per heavy atom. The molecule has 0 amide bonds. The van der Waals surface area contributed by atoms with Crippen LogP contribution in [0.5, 0.6) is 0 Å². The van der Waals surface area contributed by atoms with Crippen molar-refractivity contribution in [1.82, 2.24) is 4.90 Å². The standard InChI is InChI=1S/C11H17NO2S/c1-8(2)10(11(13)14)12(3)7-9-5-4-6-15-9/h4-6,8,10H,7H2,1-3H3,(H,13,14). The van der Waals surface area contributed by atoms with Gasteiger partial charge in [0.15, 0.2) is 0 Å². The molecule has 3 nitrogen and oxygen atoms in total. The minimum absolute atomic E-state index is 0.118. The van der Waals surface area contributed by atoms with Crippen LogP contribution in [-0.2, 0) is 11.3 Å². The van der Waals surface area contributed by atoms with Gasteiger partial charge in [-0.15, -0.1) is 11.3 Å². The largest absolute Gasteiger partial charge is 0.480 e. The lowest BCUT2D eigenvalue weighted by molar-refractivity contribution is -0.144. The van der Waals surface area contributed by atoms with Gasteiger partial charge in [0.2, 0.25) is 0 Å². The van der Waals surface area contributed by atoms with E-state index in [2.05, 4.69) is 0 Å². The third-order valence-corrected chi connectivity index (χ3v) is 3.21. The lowest BCUT2D eigenvalue weighted by Crippen LogP contribution is -2.41. The molecule has 0 aliphatic heterocycles. The number of carboxylic acid groups (broad SMARTS) is 1. The molecular formula is C11H17NO2S. The molecule has 0 saturated heterocycles. The van der Waals surface area contributed by atoms with Crippen LogP contribution < -0.4 is 0 Å². The normalized spacial score (nSPS) is 13.4. The topological polar surface area (TPSA) is 40.5 Å². The smallest absolute Gasteiger partial charge is 0.321 e. The van der Waals surface area contributed by atoms with Crippen LogP contribution in [-0.4, -0.2) is 29.1 Å². The Kier molecular flexibility index (Phi) is 4.29. The molecule has 0 fully saturated rings. The molecule has 0 aliphatic rings. The highest BCUT2D eigenvalue weighted by molar-refractivity contribution is 7.09. The van der Waals surface area contributed by atoms with Gasteiger partial charge in [-0.05, 0) is 24.4 Å². The zero-order valence-corrected chi connectivity index (χ0v) is 10.1. The van der Waals surface area contributed by atoms with Crippen molar-refractivity contribution in [3.8, 4) is 0 Å². The predicted molar refractivity (Wildman–Crippen MR) is 62.0 cm³/mol. The van der Waals surface area contributed by atoms with Crippen LogP contribution in [0.3, 0.4) is 0 Å². The second kappa shape index (κ2) is 5.28. The van der Waals surface area contributed by atoms with E-state index in [-0.39, 0.29) is 5.92 Å². The summed E-state index contributed by atoms with van der Waals surface area (Å²) in [5.74, 6) is -0.628. The van der Waals surface area contributed by atoms with Crippen LogP contribution in [0, 0.1) is 5.92 Å². The van der Waals surface area contributed by atoms with Crippen LogP contribution in [0.2, 0.25) is 0 Å². The molecule has 1 atom stereocenters. The van der Waals surface area contributed by atoms with E-state index in [4.69, 9.17) is 5.11 Å². The first-order valence-electron chi connectivity index (χ1n) is 4.97. The number of likely N-dealkylation sites (N-methyl/N-ethyl adjacent to an activating group) is 1. The molecule has 1 rings (SSSR count). The summed E-state index contributed by atoms with van der Waals surface area (Å²) in [5, 5.41) is 11.1. The number of carboxylic acids is 1. The van der Waals surface area contributed by atoms with E-state index < -0.39 is 12.0 Å². The molecule has 1 unspecified atom stereocenters. The molecule has 1 aromatic heterocycles. The SMILES string of the molecule is CC(C)C(C(=O)O)N(C)Cc1cccs1. The first kappa shape index (κ1) is 12.2. The molecule has 1 aromatic rings. The summed E-state index contributed by atoms with van der Waals surface area (Å²) < 4.78 is 0. The maximum atomic E-state index is 11.1. The molecule has 15 heavy (non-hydrogen) atoms. The Bertz CT molecular complexity index is 308. The molecule has 0 aromatic carbocycles. The summed E-state index contributed by atoms with van der Waals surface area (Å²) in [4.78, 5) is 14.2. The second-order valence-corrected chi connectivity index (χ2v) is 5.05. The van der Waals surface area contributed by atoms with Crippen molar-refractivity contribution in [2.45, 2.75) is 26.4 Å². The van der Waals surface area contributed by atoms with Crippen molar-refractivity contribution in [2.75, 3.05) is 7.05 Å². The number of nitrogens with zero attached hydrogens (tertiary/aromatic N) is 1. The van der Waals surface area contributed by atoms with Gasteiger partial charge in [0.1, 0.15) is 6.04 Å². The average molecular weight is 227 g/mol. The highest BCUT2D eigenvalue weighted by Gasteiger charge is 2.25. The van der Waals surface area contributed by atoms with E-state index in [1.165, 1.54) is 4.88 Å². The maximum Gasteiger partial charge on any atom is 0.321 e. The fourth-order valence-corrected chi connectivity index (χ4v) is 2.50. The summed E-state index contributed by atoms with van der Waals surface area (Å²) in [6.07, 6.45) is 0. The number of carbonyl (C=O) groups is 1. The molecule has 0 bridgehead atoms. The van der Waals surface area contributed by atoms with Gasteiger partial charge in [-0.25, -0.2) is 0 Å². The van der Waals surface area contributed by atoms with Crippen LogP contribution in [0.25, 0.3) is 0 Å². The molecule has 84 valence electrons. The van der Waals surface area contributed by atoms with Crippen LogP contribution in [0.15, 0.2) is 17.5 Å². The molecule has 1 N–H and O–H groups in total. The lowest BCUT2D eigenvalue weighted by Gasteiger charge is -2.26. The molecule has 0 saturated carbocycles. The van der Waals surface area contributed by atoms with Crippen molar-refractivity contribution < 1.29 is 9.90 Å². The van der Waals surface area contributed by atoms with Crippen molar-refractivity contribution in [3.63, 3.8) is 0 Å². The van der Waals surface area contributed by atoms with Crippen LogP contribution in [0.4, 0.5) is 0 Å². The van der Waals surface area contributed by atoms with Gasteiger partial charge in [0.25, 0.3) is 0 Å². The molecule has 4 heteroatoms. The number of thiophene rings is 1. The third-order valence-electron chi connectivity index (χ3n) is 2.34. The van der Waals surface area contributed by atoms with Gasteiger partial charge in [-0.1, -0.05) is 19.9 Å². The first-order valence-corrected chi connectivity index (χ1v) is 5.85. The highest BCUT2D eigenvalue weighted by Crippen LogP contribution is 2.16. The van der Waals surface area contributed by atoms with E-state index in [9.17, 15) is 4.79 Å².